The molecular formula is C10H12N2S. The van der Waals surface area contributed by atoms with E-state index in [1.165, 1.54) is 17.7 Å². The summed E-state index contributed by atoms with van der Waals surface area (Å²) in [6.07, 6.45) is 6.27. The molecule has 2 rings (SSSR count). The van der Waals surface area contributed by atoms with Gasteiger partial charge < -0.3 is 0 Å². The van der Waals surface area contributed by atoms with E-state index in [1.807, 2.05) is 12.5 Å². The molecule has 0 unspecified atom stereocenters. The average Bonchev–Trinajstić information content (AvgIpc) is 2.71. The van der Waals surface area contributed by atoms with Crippen LogP contribution in [0.5, 0.6) is 0 Å². The van der Waals surface area contributed by atoms with Gasteiger partial charge in [0.2, 0.25) is 0 Å². The molecule has 0 amide bonds. The van der Waals surface area contributed by atoms with Crippen LogP contribution in [0, 0.1) is 0 Å². The Morgan fingerprint density at radius 1 is 1.38 bits per heavy atom. The summed E-state index contributed by atoms with van der Waals surface area (Å²) < 4.78 is 0. The second kappa shape index (κ2) is 3.92. The highest BCUT2D eigenvalue weighted by Crippen LogP contribution is 2.15. The van der Waals surface area contributed by atoms with Crippen LogP contribution in [0.1, 0.15) is 18.4 Å². The number of pyridine rings is 1. The van der Waals surface area contributed by atoms with Crippen LogP contribution in [-0.2, 0) is 0 Å². The van der Waals surface area contributed by atoms with E-state index in [-0.39, 0.29) is 0 Å². The molecule has 0 aliphatic carbocycles. The lowest BCUT2D eigenvalue weighted by atomic mass is 10.1. The normalized spacial score (nSPS) is 15.9. The second-order valence-electron chi connectivity index (χ2n) is 3.02. The first-order valence-electron chi connectivity index (χ1n) is 4.44. The van der Waals surface area contributed by atoms with Crippen LogP contribution in [0.3, 0.4) is 0 Å². The van der Waals surface area contributed by atoms with Crippen molar-refractivity contribution in [3.05, 3.63) is 23.9 Å². The molecule has 2 nitrogen and oxygen atoms in total. The van der Waals surface area contributed by atoms with Crippen LogP contribution in [0.15, 0.2) is 28.3 Å². The van der Waals surface area contributed by atoms with E-state index in [0.717, 1.165) is 18.0 Å². The minimum Gasteiger partial charge on any atom is -0.289 e. The molecule has 1 aromatic rings. The zero-order valence-corrected chi connectivity index (χ0v) is 8.47. The van der Waals surface area contributed by atoms with Gasteiger partial charge >= 0.3 is 0 Å². The SMILES string of the molecule is CSc1ccc(C2=NCCC2)cn1. The molecule has 2 heterocycles. The van der Waals surface area contributed by atoms with Crippen molar-refractivity contribution in [3.8, 4) is 0 Å². The average molecular weight is 192 g/mol. The Morgan fingerprint density at radius 2 is 2.31 bits per heavy atom. The summed E-state index contributed by atoms with van der Waals surface area (Å²) >= 11 is 1.67. The molecular weight excluding hydrogens is 180 g/mol. The number of nitrogens with zero attached hydrogens (tertiary/aromatic N) is 2. The number of hydrogen-bond donors (Lipinski definition) is 0. The van der Waals surface area contributed by atoms with Gasteiger partial charge in [0.05, 0.1) is 5.03 Å². The van der Waals surface area contributed by atoms with Crippen LogP contribution in [0.25, 0.3) is 0 Å². The Morgan fingerprint density at radius 3 is 2.85 bits per heavy atom. The van der Waals surface area contributed by atoms with Crippen molar-refractivity contribution in [1.29, 1.82) is 0 Å². The van der Waals surface area contributed by atoms with E-state index >= 15 is 0 Å². The summed E-state index contributed by atoms with van der Waals surface area (Å²) in [7, 11) is 0. The molecule has 0 aromatic carbocycles. The maximum Gasteiger partial charge on any atom is 0.0957 e. The van der Waals surface area contributed by atoms with Gasteiger partial charge in [-0.1, -0.05) is 0 Å². The summed E-state index contributed by atoms with van der Waals surface area (Å²) in [4.78, 5) is 8.76. The monoisotopic (exact) mass is 192 g/mol. The Kier molecular flexibility index (Phi) is 2.64. The molecule has 1 aromatic heterocycles. The van der Waals surface area contributed by atoms with Crippen LogP contribution in [-0.4, -0.2) is 23.5 Å². The molecule has 0 N–H and O–H groups in total. The fraction of sp³-hybridized carbons (Fsp3) is 0.400. The van der Waals surface area contributed by atoms with Gasteiger partial charge in [-0.15, -0.1) is 11.8 Å². The molecule has 1 aliphatic heterocycles. The fourth-order valence-electron chi connectivity index (χ4n) is 1.45. The number of aromatic nitrogens is 1. The molecule has 13 heavy (non-hydrogen) atoms. The Hall–Kier alpha value is -0.830. The highest BCUT2D eigenvalue weighted by Gasteiger charge is 2.08. The molecule has 0 atom stereocenters. The van der Waals surface area contributed by atoms with Gasteiger partial charge in [0.25, 0.3) is 0 Å². The predicted octanol–water partition coefficient (Wildman–Crippen LogP) is 2.39. The zero-order chi connectivity index (χ0) is 9.10. The van der Waals surface area contributed by atoms with Crippen molar-refractivity contribution < 1.29 is 0 Å². The maximum atomic E-state index is 4.43. The lowest BCUT2D eigenvalue weighted by Crippen LogP contribution is -1.96. The van der Waals surface area contributed by atoms with E-state index in [2.05, 4.69) is 22.1 Å². The largest absolute Gasteiger partial charge is 0.289 e. The third-order valence-electron chi connectivity index (χ3n) is 2.15. The molecule has 0 radical (unpaired) electrons. The van der Waals surface area contributed by atoms with Crippen molar-refractivity contribution in [2.24, 2.45) is 4.99 Å². The van der Waals surface area contributed by atoms with E-state index in [0.29, 0.717) is 0 Å². The molecule has 1 aliphatic rings. The first kappa shape index (κ1) is 8.75. The molecule has 0 saturated carbocycles. The highest BCUT2D eigenvalue weighted by molar-refractivity contribution is 7.98. The Balaban J connectivity index is 2.22. The van der Waals surface area contributed by atoms with Crippen molar-refractivity contribution in [3.63, 3.8) is 0 Å². The lowest BCUT2D eigenvalue weighted by Gasteiger charge is -2.00. The number of rotatable bonds is 2. The van der Waals surface area contributed by atoms with Gasteiger partial charge in [0, 0.05) is 24.0 Å². The van der Waals surface area contributed by atoms with Gasteiger partial charge in [0.1, 0.15) is 0 Å². The van der Waals surface area contributed by atoms with Crippen molar-refractivity contribution in [2.75, 3.05) is 12.8 Å². The fourth-order valence-corrected chi connectivity index (χ4v) is 1.81. The molecule has 68 valence electrons. The lowest BCUT2D eigenvalue weighted by molar-refractivity contribution is 0.951. The van der Waals surface area contributed by atoms with Gasteiger partial charge in [0.15, 0.2) is 0 Å². The van der Waals surface area contributed by atoms with E-state index < -0.39 is 0 Å². The van der Waals surface area contributed by atoms with Crippen molar-refractivity contribution >= 4 is 17.5 Å². The number of aliphatic imine (C=N–C) groups is 1. The zero-order valence-electron chi connectivity index (χ0n) is 7.66. The summed E-state index contributed by atoms with van der Waals surface area (Å²) in [6, 6.07) is 4.17. The molecule has 0 fully saturated rings. The molecule has 0 spiro atoms. The van der Waals surface area contributed by atoms with Gasteiger partial charge in [-0.05, 0) is 31.2 Å². The summed E-state index contributed by atoms with van der Waals surface area (Å²) in [5.41, 5.74) is 2.41. The molecule has 0 bridgehead atoms. The quantitative estimate of drug-likeness (QED) is 0.672. The summed E-state index contributed by atoms with van der Waals surface area (Å²) in [6.45, 7) is 0.986. The Bertz CT molecular complexity index is 316. The van der Waals surface area contributed by atoms with Gasteiger partial charge in [-0.3, -0.25) is 4.99 Å². The van der Waals surface area contributed by atoms with Gasteiger partial charge in [-0.25, -0.2) is 4.98 Å². The third kappa shape index (κ3) is 1.91. The first-order valence-corrected chi connectivity index (χ1v) is 5.66. The highest BCUT2D eigenvalue weighted by atomic mass is 32.2. The van der Waals surface area contributed by atoms with Crippen LogP contribution >= 0.6 is 11.8 Å². The van der Waals surface area contributed by atoms with E-state index in [9.17, 15) is 0 Å². The molecule has 3 heteroatoms. The van der Waals surface area contributed by atoms with E-state index in [4.69, 9.17) is 0 Å². The standard InChI is InChI=1S/C10H12N2S/c1-13-10-5-4-8(7-12-10)9-3-2-6-11-9/h4-5,7H,2-3,6H2,1H3. The van der Waals surface area contributed by atoms with Crippen molar-refractivity contribution in [2.45, 2.75) is 17.9 Å². The van der Waals surface area contributed by atoms with Crippen LogP contribution < -0.4 is 0 Å². The topological polar surface area (TPSA) is 25.2 Å². The second-order valence-corrected chi connectivity index (χ2v) is 3.85. The minimum absolute atomic E-state index is 0.986. The third-order valence-corrected chi connectivity index (χ3v) is 2.81. The number of thioether (sulfide) groups is 1. The summed E-state index contributed by atoms with van der Waals surface area (Å²) in [5.74, 6) is 0. The summed E-state index contributed by atoms with van der Waals surface area (Å²) in [5, 5.41) is 1.07. The molecule has 0 saturated heterocycles. The van der Waals surface area contributed by atoms with Crippen molar-refractivity contribution in [1.82, 2.24) is 4.98 Å². The number of hydrogen-bond acceptors (Lipinski definition) is 3. The van der Waals surface area contributed by atoms with E-state index in [1.54, 1.807) is 11.8 Å². The van der Waals surface area contributed by atoms with Crippen LogP contribution in [0.2, 0.25) is 0 Å². The smallest absolute Gasteiger partial charge is 0.0957 e. The predicted molar refractivity (Wildman–Crippen MR) is 56.7 cm³/mol. The Labute approximate surface area is 82.5 Å². The minimum atomic E-state index is 0.986. The first-order chi connectivity index (χ1) is 6.40. The van der Waals surface area contributed by atoms with Gasteiger partial charge in [-0.2, -0.15) is 0 Å². The van der Waals surface area contributed by atoms with Crippen LogP contribution in [0.4, 0.5) is 0 Å². The maximum absolute atomic E-state index is 4.43.